The van der Waals surface area contributed by atoms with E-state index in [1.54, 1.807) is 12.1 Å². The van der Waals surface area contributed by atoms with Crippen LogP contribution in [-0.4, -0.2) is 39.4 Å². The molecule has 5 nitrogen and oxygen atoms in total. The zero-order valence-electron chi connectivity index (χ0n) is 13.8. The molecule has 21 heavy (non-hydrogen) atoms. The van der Waals surface area contributed by atoms with Gasteiger partial charge in [0.05, 0.1) is 11.4 Å². The predicted octanol–water partition coefficient (Wildman–Crippen LogP) is 2.39. The minimum absolute atomic E-state index is 0.166. The number of nitrogens with zero attached hydrogens (tertiary/aromatic N) is 2. The van der Waals surface area contributed by atoms with Crippen molar-refractivity contribution >= 4 is 21.4 Å². The highest BCUT2D eigenvalue weighted by Crippen LogP contribution is 2.32. The maximum Gasteiger partial charge on any atom is 0.244 e. The van der Waals surface area contributed by atoms with Crippen molar-refractivity contribution in [3.63, 3.8) is 0 Å². The Morgan fingerprint density at radius 3 is 2.14 bits per heavy atom. The summed E-state index contributed by atoms with van der Waals surface area (Å²) in [6.07, 6.45) is 0. The quantitative estimate of drug-likeness (QED) is 0.819. The van der Waals surface area contributed by atoms with Crippen LogP contribution in [-0.2, 0) is 10.0 Å². The van der Waals surface area contributed by atoms with Gasteiger partial charge in [-0.2, -0.15) is 0 Å². The van der Waals surface area contributed by atoms with Crippen LogP contribution in [0, 0.1) is 5.92 Å². The largest absolute Gasteiger partial charge is 0.396 e. The molecular weight excluding hydrogens is 286 g/mol. The summed E-state index contributed by atoms with van der Waals surface area (Å²) >= 11 is 0. The van der Waals surface area contributed by atoms with Gasteiger partial charge >= 0.3 is 0 Å². The fraction of sp³-hybridized carbons (Fsp3) is 0.600. The van der Waals surface area contributed by atoms with E-state index in [-0.39, 0.29) is 10.9 Å². The number of nitrogens with two attached hydrogens (primary N) is 1. The SMILES string of the molecule is CC(C)CN(c1cccc(S(=O)(=O)N(C)C)c1N)C(C)C. The van der Waals surface area contributed by atoms with E-state index in [4.69, 9.17) is 5.73 Å². The van der Waals surface area contributed by atoms with Crippen LogP contribution >= 0.6 is 0 Å². The second kappa shape index (κ2) is 6.66. The van der Waals surface area contributed by atoms with Crippen molar-refractivity contribution in [1.82, 2.24) is 4.31 Å². The highest BCUT2D eigenvalue weighted by atomic mass is 32.2. The van der Waals surface area contributed by atoms with E-state index >= 15 is 0 Å². The fourth-order valence-electron chi connectivity index (χ4n) is 2.19. The molecule has 0 heterocycles. The van der Waals surface area contributed by atoms with Crippen LogP contribution in [0.5, 0.6) is 0 Å². The Labute approximate surface area is 128 Å². The summed E-state index contributed by atoms with van der Waals surface area (Å²) < 4.78 is 25.9. The molecule has 0 saturated heterocycles. The van der Waals surface area contributed by atoms with Crippen LogP contribution in [0.1, 0.15) is 27.7 Å². The van der Waals surface area contributed by atoms with Crippen molar-refractivity contribution < 1.29 is 8.42 Å². The Morgan fingerprint density at radius 1 is 1.14 bits per heavy atom. The van der Waals surface area contributed by atoms with Gasteiger partial charge in [0.1, 0.15) is 4.90 Å². The number of para-hydroxylation sites is 1. The van der Waals surface area contributed by atoms with Crippen molar-refractivity contribution in [2.45, 2.75) is 38.6 Å². The summed E-state index contributed by atoms with van der Waals surface area (Å²) in [6.45, 7) is 9.25. The fourth-order valence-corrected chi connectivity index (χ4v) is 3.21. The molecule has 0 spiro atoms. The molecular formula is C15H27N3O2S. The van der Waals surface area contributed by atoms with Crippen molar-refractivity contribution in [1.29, 1.82) is 0 Å². The summed E-state index contributed by atoms with van der Waals surface area (Å²) in [7, 11) is -0.517. The number of hydrogen-bond acceptors (Lipinski definition) is 4. The average Bonchev–Trinajstić information content (AvgIpc) is 2.35. The molecule has 0 fully saturated rings. The van der Waals surface area contributed by atoms with Crippen molar-refractivity contribution in [2.75, 3.05) is 31.3 Å². The van der Waals surface area contributed by atoms with Gasteiger partial charge in [-0.05, 0) is 31.9 Å². The second-order valence-electron chi connectivity index (χ2n) is 6.12. The molecule has 0 atom stereocenters. The third-order valence-corrected chi connectivity index (χ3v) is 5.17. The third-order valence-electron chi connectivity index (χ3n) is 3.30. The minimum atomic E-state index is -3.54. The minimum Gasteiger partial charge on any atom is -0.396 e. The lowest BCUT2D eigenvalue weighted by Crippen LogP contribution is -2.35. The van der Waals surface area contributed by atoms with Crippen LogP contribution in [0.3, 0.4) is 0 Å². The van der Waals surface area contributed by atoms with E-state index in [0.717, 1.165) is 12.2 Å². The summed E-state index contributed by atoms with van der Waals surface area (Å²) in [5.74, 6) is 0.459. The molecule has 0 unspecified atom stereocenters. The van der Waals surface area contributed by atoms with Crippen molar-refractivity contribution in [2.24, 2.45) is 5.92 Å². The number of rotatable bonds is 6. The van der Waals surface area contributed by atoms with Gasteiger partial charge in [0.25, 0.3) is 0 Å². The van der Waals surface area contributed by atoms with Gasteiger partial charge in [0.15, 0.2) is 0 Å². The summed E-state index contributed by atoms with van der Waals surface area (Å²) in [4.78, 5) is 2.31. The summed E-state index contributed by atoms with van der Waals surface area (Å²) in [5, 5.41) is 0. The van der Waals surface area contributed by atoms with E-state index in [0.29, 0.717) is 11.6 Å². The van der Waals surface area contributed by atoms with Gasteiger partial charge in [-0.1, -0.05) is 19.9 Å². The lowest BCUT2D eigenvalue weighted by molar-refractivity contribution is 0.521. The molecule has 0 aliphatic carbocycles. The lowest BCUT2D eigenvalue weighted by atomic mass is 10.1. The van der Waals surface area contributed by atoms with E-state index in [2.05, 4.69) is 32.6 Å². The average molecular weight is 313 g/mol. The van der Waals surface area contributed by atoms with Gasteiger partial charge in [-0.15, -0.1) is 0 Å². The zero-order valence-corrected chi connectivity index (χ0v) is 14.6. The molecule has 120 valence electrons. The van der Waals surface area contributed by atoms with Crippen LogP contribution in [0.25, 0.3) is 0 Å². The van der Waals surface area contributed by atoms with E-state index < -0.39 is 10.0 Å². The molecule has 1 rings (SSSR count). The number of hydrogen-bond donors (Lipinski definition) is 1. The molecule has 6 heteroatoms. The Morgan fingerprint density at radius 2 is 1.71 bits per heavy atom. The number of anilines is 2. The highest BCUT2D eigenvalue weighted by Gasteiger charge is 2.24. The van der Waals surface area contributed by atoms with Gasteiger partial charge in [-0.3, -0.25) is 0 Å². The normalized spacial score (nSPS) is 12.4. The Bertz CT molecular complexity index is 581. The Hall–Kier alpha value is -1.27. The maximum absolute atomic E-state index is 12.3. The monoisotopic (exact) mass is 313 g/mol. The van der Waals surface area contributed by atoms with E-state index in [1.807, 2.05) is 6.07 Å². The number of sulfonamides is 1. The maximum atomic E-state index is 12.3. The highest BCUT2D eigenvalue weighted by molar-refractivity contribution is 7.89. The molecule has 0 aliphatic rings. The van der Waals surface area contributed by atoms with Gasteiger partial charge in [0, 0.05) is 26.7 Å². The topological polar surface area (TPSA) is 66.6 Å². The molecule has 0 aliphatic heterocycles. The molecule has 2 N–H and O–H groups in total. The number of benzene rings is 1. The van der Waals surface area contributed by atoms with Crippen molar-refractivity contribution in [3.8, 4) is 0 Å². The van der Waals surface area contributed by atoms with Gasteiger partial charge < -0.3 is 10.6 Å². The van der Waals surface area contributed by atoms with Gasteiger partial charge in [0.2, 0.25) is 10.0 Å². The first-order valence-corrected chi connectivity index (χ1v) is 8.60. The Kier molecular flexibility index (Phi) is 5.64. The summed E-state index contributed by atoms with van der Waals surface area (Å²) in [5.41, 5.74) is 7.27. The van der Waals surface area contributed by atoms with Crippen LogP contribution in [0.2, 0.25) is 0 Å². The Balaban J connectivity index is 3.40. The standard InChI is InChI=1S/C15H27N3O2S/c1-11(2)10-18(12(3)4)13-8-7-9-14(15(13)16)21(19,20)17(5)6/h7-9,11-12H,10,16H2,1-6H3. The zero-order chi connectivity index (χ0) is 16.4. The smallest absolute Gasteiger partial charge is 0.244 e. The lowest BCUT2D eigenvalue weighted by Gasteiger charge is -2.32. The van der Waals surface area contributed by atoms with E-state index in [1.165, 1.54) is 18.4 Å². The van der Waals surface area contributed by atoms with Crippen LogP contribution in [0.15, 0.2) is 23.1 Å². The van der Waals surface area contributed by atoms with Crippen molar-refractivity contribution in [3.05, 3.63) is 18.2 Å². The molecule has 0 amide bonds. The molecule has 0 aromatic heterocycles. The van der Waals surface area contributed by atoms with Gasteiger partial charge in [-0.25, -0.2) is 12.7 Å². The first kappa shape index (κ1) is 17.8. The third kappa shape index (κ3) is 3.89. The first-order valence-electron chi connectivity index (χ1n) is 7.16. The van der Waals surface area contributed by atoms with Crippen LogP contribution in [0.4, 0.5) is 11.4 Å². The van der Waals surface area contributed by atoms with E-state index in [9.17, 15) is 8.42 Å². The molecule has 1 aromatic rings. The number of nitrogen functional groups attached to an aromatic ring is 1. The second-order valence-corrected chi connectivity index (χ2v) is 8.24. The molecule has 0 saturated carbocycles. The molecule has 1 aromatic carbocycles. The first-order chi connectivity index (χ1) is 9.59. The molecule has 0 radical (unpaired) electrons. The summed E-state index contributed by atoms with van der Waals surface area (Å²) in [6, 6.07) is 5.43. The predicted molar refractivity (Wildman–Crippen MR) is 89.0 cm³/mol. The van der Waals surface area contributed by atoms with Crippen LogP contribution < -0.4 is 10.6 Å². The molecule has 0 bridgehead atoms.